The highest BCUT2D eigenvalue weighted by Crippen LogP contribution is 2.60. The van der Waals surface area contributed by atoms with Gasteiger partial charge in [-0.15, -0.1) is 23.2 Å². The van der Waals surface area contributed by atoms with Gasteiger partial charge >= 0.3 is 0 Å². The Labute approximate surface area is 188 Å². The first kappa shape index (κ1) is 21.4. The number of benzene rings is 2. The lowest BCUT2D eigenvalue weighted by Crippen LogP contribution is -2.54. The van der Waals surface area contributed by atoms with Gasteiger partial charge in [-0.25, -0.2) is 9.29 Å². The molecule has 0 aromatic heterocycles. The Bertz CT molecular complexity index is 1130. The van der Waals surface area contributed by atoms with Crippen LogP contribution >= 0.6 is 23.2 Å². The minimum atomic E-state index is -1.95. The highest BCUT2D eigenvalue weighted by Gasteiger charge is 2.73. The van der Waals surface area contributed by atoms with Crippen molar-refractivity contribution in [3.8, 4) is 11.5 Å². The molecule has 1 N–H and O–H groups in total. The summed E-state index contributed by atoms with van der Waals surface area (Å²) in [7, 11) is 1.46. The predicted octanol–water partition coefficient (Wildman–Crippen LogP) is 4.67. The van der Waals surface area contributed by atoms with Gasteiger partial charge < -0.3 is 9.84 Å². The molecule has 2 aromatic carbocycles. The molecule has 3 atom stereocenters. The number of phenolic OH excluding ortho intramolecular Hbond substituents is 1. The van der Waals surface area contributed by atoms with Gasteiger partial charge in [0.15, 0.2) is 9.75 Å². The van der Waals surface area contributed by atoms with Crippen LogP contribution in [0, 0.1) is 5.82 Å². The van der Waals surface area contributed by atoms with Crippen molar-refractivity contribution in [2.75, 3.05) is 12.0 Å². The molecular weight excluding hydrogens is 444 g/mol. The summed E-state index contributed by atoms with van der Waals surface area (Å²) in [4.78, 5) is 24.2. The van der Waals surface area contributed by atoms with Crippen molar-refractivity contribution in [3.05, 3.63) is 78.1 Å². The molecule has 5 nitrogen and oxygen atoms in total. The molecule has 4 rings (SSSR count). The van der Waals surface area contributed by atoms with Gasteiger partial charge in [0.2, 0.25) is 0 Å². The number of phenols is 1. The molecule has 0 radical (unpaired) electrons. The molecule has 0 bridgehead atoms. The number of methoxy groups -OCH3 is 1. The monoisotopic (exact) mass is 461 g/mol. The van der Waals surface area contributed by atoms with Gasteiger partial charge in [-0.3, -0.25) is 9.59 Å². The highest BCUT2D eigenvalue weighted by molar-refractivity contribution is 6.58. The van der Waals surface area contributed by atoms with Crippen molar-refractivity contribution in [3.63, 3.8) is 0 Å². The van der Waals surface area contributed by atoms with Gasteiger partial charge in [0, 0.05) is 17.5 Å². The van der Waals surface area contributed by atoms with E-state index in [9.17, 15) is 19.1 Å². The van der Waals surface area contributed by atoms with Crippen LogP contribution in [-0.2, 0) is 9.59 Å². The van der Waals surface area contributed by atoms with E-state index >= 15 is 0 Å². The van der Waals surface area contributed by atoms with Gasteiger partial charge in [-0.1, -0.05) is 24.8 Å². The first-order valence-electron chi connectivity index (χ1n) is 9.40. The number of rotatable bonds is 4. The van der Waals surface area contributed by atoms with Crippen molar-refractivity contribution < 1.29 is 23.8 Å². The van der Waals surface area contributed by atoms with Crippen molar-refractivity contribution >= 4 is 40.7 Å². The summed E-state index contributed by atoms with van der Waals surface area (Å²) in [6.45, 7) is 3.79. The minimum absolute atomic E-state index is 0.0188. The second-order valence-electron chi connectivity index (χ2n) is 7.41. The number of amides is 2. The molecule has 2 aliphatic rings. The summed E-state index contributed by atoms with van der Waals surface area (Å²) in [6, 6.07) is 9.47. The van der Waals surface area contributed by atoms with Crippen LogP contribution in [0.3, 0.4) is 0 Å². The van der Waals surface area contributed by atoms with E-state index in [4.69, 9.17) is 27.9 Å². The standard InChI is InChI=1S/C23H18Cl2FNO4/c1-3-13-10-11-22(24)20(29)27(15-6-4-14(26)5-7-15)21(30)23(22,25)19(13)17-9-8-16(31-2)12-18(17)28/h3-10,12,19,28H,1,11H2,2H3. The number of carbonyl (C=O) groups excluding carboxylic acids is 2. The molecule has 160 valence electrons. The number of anilines is 1. The fourth-order valence-corrected chi connectivity index (χ4v) is 5.10. The molecule has 0 spiro atoms. The van der Waals surface area contributed by atoms with E-state index in [1.54, 1.807) is 18.2 Å². The van der Waals surface area contributed by atoms with E-state index in [-0.39, 0.29) is 17.9 Å². The summed E-state index contributed by atoms with van der Waals surface area (Å²) >= 11 is 13.8. The van der Waals surface area contributed by atoms with E-state index in [1.807, 2.05) is 0 Å². The zero-order valence-corrected chi connectivity index (χ0v) is 18.0. The van der Waals surface area contributed by atoms with Crippen LogP contribution in [-0.4, -0.2) is 33.8 Å². The third-order valence-corrected chi connectivity index (χ3v) is 7.27. The Morgan fingerprint density at radius 2 is 1.87 bits per heavy atom. The zero-order chi connectivity index (χ0) is 22.6. The Kier molecular flexibility index (Phi) is 5.10. The van der Waals surface area contributed by atoms with Crippen molar-refractivity contribution in [1.29, 1.82) is 0 Å². The number of aromatic hydroxyl groups is 1. The third-order valence-electron chi connectivity index (χ3n) is 5.85. The molecular formula is C23H18Cl2FNO4. The van der Waals surface area contributed by atoms with Crippen molar-refractivity contribution in [2.45, 2.75) is 22.1 Å². The number of imide groups is 1. The molecule has 0 saturated carbocycles. The second-order valence-corrected chi connectivity index (χ2v) is 8.65. The summed E-state index contributed by atoms with van der Waals surface area (Å²) in [5.41, 5.74) is 1.01. The number of hydrogen-bond acceptors (Lipinski definition) is 4. The average Bonchev–Trinajstić information content (AvgIpc) is 2.91. The number of hydrogen-bond donors (Lipinski definition) is 1. The predicted molar refractivity (Wildman–Crippen MR) is 116 cm³/mol. The van der Waals surface area contributed by atoms with Gasteiger partial charge in [-0.05, 0) is 42.3 Å². The van der Waals surface area contributed by atoms with E-state index in [1.165, 1.54) is 31.4 Å². The number of allylic oxidation sites excluding steroid dienone is 3. The molecule has 1 saturated heterocycles. The molecule has 1 fully saturated rings. The van der Waals surface area contributed by atoms with Crippen molar-refractivity contribution in [1.82, 2.24) is 0 Å². The molecule has 8 heteroatoms. The minimum Gasteiger partial charge on any atom is -0.508 e. The molecule has 3 unspecified atom stereocenters. The fraction of sp³-hybridized carbons (Fsp3) is 0.217. The number of fused-ring (bicyclic) bond motifs is 1. The van der Waals surface area contributed by atoms with Crippen LogP contribution in [0.2, 0.25) is 0 Å². The number of nitrogens with zero attached hydrogens (tertiary/aromatic N) is 1. The first-order valence-corrected chi connectivity index (χ1v) is 10.2. The Morgan fingerprint density at radius 1 is 1.19 bits per heavy atom. The topological polar surface area (TPSA) is 66.8 Å². The summed E-state index contributed by atoms with van der Waals surface area (Å²) in [6.07, 6.45) is 3.19. The smallest absolute Gasteiger partial charge is 0.258 e. The van der Waals surface area contributed by atoms with Crippen molar-refractivity contribution in [2.24, 2.45) is 0 Å². The number of carbonyl (C=O) groups is 2. The van der Waals surface area contributed by atoms with Crippen LogP contribution in [0.25, 0.3) is 0 Å². The van der Waals surface area contributed by atoms with Gasteiger partial charge in [-0.2, -0.15) is 0 Å². The lowest BCUT2D eigenvalue weighted by molar-refractivity contribution is -0.122. The van der Waals surface area contributed by atoms with E-state index in [2.05, 4.69) is 6.58 Å². The van der Waals surface area contributed by atoms with Crippen LogP contribution in [0.1, 0.15) is 17.9 Å². The van der Waals surface area contributed by atoms with Gasteiger partial charge in [0.25, 0.3) is 11.8 Å². The highest BCUT2D eigenvalue weighted by atomic mass is 35.5. The van der Waals surface area contributed by atoms with Crippen LogP contribution in [0.4, 0.5) is 10.1 Å². The molecule has 2 amide bonds. The molecule has 2 aromatic rings. The Hall–Kier alpha value is -2.83. The van der Waals surface area contributed by atoms with Gasteiger partial charge in [0.05, 0.1) is 12.8 Å². The largest absolute Gasteiger partial charge is 0.508 e. The molecule has 1 aliphatic carbocycles. The molecule has 1 heterocycles. The first-order chi connectivity index (χ1) is 14.7. The maximum Gasteiger partial charge on any atom is 0.258 e. The van der Waals surface area contributed by atoms with E-state index in [0.29, 0.717) is 16.9 Å². The second kappa shape index (κ2) is 7.39. The maximum absolute atomic E-state index is 13.7. The number of alkyl halides is 2. The summed E-state index contributed by atoms with van der Waals surface area (Å²) < 4.78 is 18.5. The fourth-order valence-electron chi connectivity index (χ4n) is 4.27. The van der Waals surface area contributed by atoms with Gasteiger partial charge in [0.1, 0.15) is 17.3 Å². The molecule has 1 aliphatic heterocycles. The maximum atomic E-state index is 13.7. The summed E-state index contributed by atoms with van der Waals surface area (Å²) in [5.74, 6) is -2.71. The normalized spacial score (nSPS) is 27.7. The van der Waals surface area contributed by atoms with E-state index < -0.39 is 33.3 Å². The summed E-state index contributed by atoms with van der Waals surface area (Å²) in [5, 5.41) is 10.7. The lowest BCUT2D eigenvalue weighted by atomic mass is 9.68. The van der Waals surface area contributed by atoms with Crippen LogP contribution in [0.5, 0.6) is 11.5 Å². The molecule has 31 heavy (non-hydrogen) atoms. The zero-order valence-electron chi connectivity index (χ0n) is 16.4. The van der Waals surface area contributed by atoms with E-state index in [0.717, 1.165) is 17.0 Å². The Morgan fingerprint density at radius 3 is 2.45 bits per heavy atom. The Balaban J connectivity index is 1.92. The van der Waals surface area contributed by atoms with Crippen LogP contribution in [0.15, 0.2) is 66.8 Å². The SMILES string of the molecule is C=CC1=CCC2(Cl)C(=O)N(c3ccc(F)cc3)C(=O)C2(Cl)C1c1ccc(OC)cc1O. The average molecular weight is 462 g/mol. The number of halogens is 3. The third kappa shape index (κ3) is 2.89. The lowest BCUT2D eigenvalue weighted by Gasteiger charge is -2.42. The number of ether oxygens (including phenoxy) is 1. The van der Waals surface area contributed by atoms with Crippen LogP contribution < -0.4 is 9.64 Å². The quantitative estimate of drug-likeness (QED) is 0.530.